The Morgan fingerprint density at radius 2 is 1.85 bits per heavy atom. The molecular formula is C30H50O3. The van der Waals surface area contributed by atoms with Gasteiger partial charge in [0.25, 0.3) is 0 Å². The van der Waals surface area contributed by atoms with Gasteiger partial charge in [0.2, 0.25) is 0 Å². The first-order valence-electron chi connectivity index (χ1n) is 14.1. The topological polar surface area (TPSA) is 46.5 Å². The molecule has 3 fully saturated rings. The van der Waals surface area contributed by atoms with Gasteiger partial charge < -0.3 is 9.84 Å². The van der Waals surface area contributed by atoms with Crippen molar-refractivity contribution >= 4 is 5.97 Å². The van der Waals surface area contributed by atoms with Crippen LogP contribution in [0.2, 0.25) is 0 Å². The van der Waals surface area contributed by atoms with E-state index in [9.17, 15) is 9.90 Å². The van der Waals surface area contributed by atoms with E-state index >= 15 is 0 Å². The summed E-state index contributed by atoms with van der Waals surface area (Å²) in [5.41, 5.74) is 3.69. The van der Waals surface area contributed by atoms with Crippen LogP contribution in [0.3, 0.4) is 0 Å². The number of allylic oxidation sites excluding steroid dienone is 1. The van der Waals surface area contributed by atoms with Gasteiger partial charge >= 0.3 is 5.97 Å². The molecule has 0 saturated heterocycles. The number of ether oxygens (including phenoxy) is 1. The van der Waals surface area contributed by atoms with Crippen molar-refractivity contribution in [2.24, 2.45) is 46.3 Å². The van der Waals surface area contributed by atoms with Crippen molar-refractivity contribution in [3.63, 3.8) is 0 Å². The lowest BCUT2D eigenvalue weighted by Crippen LogP contribution is -2.55. The summed E-state index contributed by atoms with van der Waals surface area (Å²) in [5.74, 6) is 3.37. The van der Waals surface area contributed by atoms with Gasteiger partial charge in [-0.05, 0) is 96.9 Å². The fraction of sp³-hybridized carbons (Fsp3) is 0.900. The molecule has 3 heteroatoms. The largest absolute Gasteiger partial charge is 0.458 e. The lowest BCUT2D eigenvalue weighted by Gasteiger charge is -2.60. The molecule has 4 rings (SSSR count). The van der Waals surface area contributed by atoms with E-state index in [0.717, 1.165) is 37.0 Å². The molecule has 0 amide bonds. The van der Waals surface area contributed by atoms with Crippen molar-refractivity contribution in [3.05, 3.63) is 11.1 Å². The van der Waals surface area contributed by atoms with Crippen LogP contribution in [0.15, 0.2) is 11.1 Å². The molecule has 4 aliphatic rings. The summed E-state index contributed by atoms with van der Waals surface area (Å²) in [6.07, 6.45) is 11.6. The van der Waals surface area contributed by atoms with Gasteiger partial charge in [-0.3, -0.25) is 4.79 Å². The SMILES string of the molecule is CC(=O)O[C@@H]1C[C@H]2[C@H](C)[C@@H](O)CC[C@]2(C)[C@H]2CC[C@@]3(C)C(=C12)CC[C@@H]3[C@H](C)CCCC(C)C. The van der Waals surface area contributed by atoms with Gasteiger partial charge in [0.15, 0.2) is 0 Å². The second kappa shape index (κ2) is 9.32. The monoisotopic (exact) mass is 458 g/mol. The number of carbonyl (C=O) groups excluding carboxylic acids is 1. The van der Waals surface area contributed by atoms with E-state index < -0.39 is 0 Å². The maximum Gasteiger partial charge on any atom is 0.303 e. The number of esters is 1. The van der Waals surface area contributed by atoms with Crippen LogP contribution in [0, 0.1) is 46.3 Å². The van der Waals surface area contributed by atoms with Crippen molar-refractivity contribution in [2.45, 2.75) is 125 Å². The minimum absolute atomic E-state index is 0.0806. The molecule has 0 aromatic carbocycles. The number of aliphatic hydroxyl groups excluding tert-OH is 1. The molecular weight excluding hydrogens is 408 g/mol. The van der Waals surface area contributed by atoms with Crippen LogP contribution < -0.4 is 0 Å². The maximum absolute atomic E-state index is 12.2. The predicted molar refractivity (Wildman–Crippen MR) is 135 cm³/mol. The summed E-state index contributed by atoms with van der Waals surface area (Å²) in [7, 11) is 0. The van der Waals surface area contributed by atoms with Crippen LogP contribution >= 0.6 is 0 Å². The highest BCUT2D eigenvalue weighted by Gasteiger charge is 2.59. The quantitative estimate of drug-likeness (QED) is 0.335. The van der Waals surface area contributed by atoms with E-state index in [4.69, 9.17) is 4.74 Å². The van der Waals surface area contributed by atoms with E-state index in [1.807, 2.05) is 0 Å². The second-order valence-corrected chi connectivity index (χ2v) is 13.3. The molecule has 3 nitrogen and oxygen atoms in total. The van der Waals surface area contributed by atoms with Crippen molar-refractivity contribution in [2.75, 3.05) is 0 Å². The highest BCUT2D eigenvalue weighted by Crippen LogP contribution is 2.66. The molecule has 3 saturated carbocycles. The van der Waals surface area contributed by atoms with Gasteiger partial charge in [0.05, 0.1) is 6.10 Å². The number of fused-ring (bicyclic) bond motifs is 4. The zero-order chi connectivity index (χ0) is 24.1. The van der Waals surface area contributed by atoms with Gasteiger partial charge in [0, 0.05) is 6.92 Å². The fourth-order valence-electron chi connectivity index (χ4n) is 9.18. The second-order valence-electron chi connectivity index (χ2n) is 13.3. The molecule has 0 radical (unpaired) electrons. The third kappa shape index (κ3) is 4.34. The third-order valence-electron chi connectivity index (χ3n) is 11.0. The van der Waals surface area contributed by atoms with Crippen molar-refractivity contribution in [1.29, 1.82) is 0 Å². The van der Waals surface area contributed by atoms with E-state index in [1.54, 1.807) is 12.5 Å². The van der Waals surface area contributed by atoms with Crippen LogP contribution in [0.25, 0.3) is 0 Å². The van der Waals surface area contributed by atoms with Crippen molar-refractivity contribution in [1.82, 2.24) is 0 Å². The summed E-state index contributed by atoms with van der Waals surface area (Å²) in [6.45, 7) is 16.0. The van der Waals surface area contributed by atoms with Gasteiger partial charge in [-0.1, -0.05) is 66.4 Å². The Bertz CT molecular complexity index is 769. The smallest absolute Gasteiger partial charge is 0.303 e. The average molecular weight is 459 g/mol. The van der Waals surface area contributed by atoms with Gasteiger partial charge in [-0.15, -0.1) is 0 Å². The van der Waals surface area contributed by atoms with Gasteiger partial charge in [-0.2, -0.15) is 0 Å². The molecule has 188 valence electrons. The standard InChI is InChI=1S/C30H50O3/c1-18(2)9-8-10-19(3)22-11-12-23-28-24(13-15-29(22,23)6)30(7)16-14-26(32)20(4)25(30)17-27(28)33-21(5)31/h18-20,22,24-27,32H,8-17H2,1-7H3/t19-,20+,22-,24+,25+,26+,27-,29-,30-/m1/s1. The Labute approximate surface area is 203 Å². The Morgan fingerprint density at radius 3 is 2.52 bits per heavy atom. The predicted octanol–water partition coefficient (Wildman–Crippen LogP) is 7.32. The minimum atomic E-state index is -0.216. The zero-order valence-electron chi connectivity index (χ0n) is 22.5. The highest BCUT2D eigenvalue weighted by atomic mass is 16.5. The molecule has 4 aliphatic carbocycles. The fourth-order valence-corrected chi connectivity index (χ4v) is 9.18. The van der Waals surface area contributed by atoms with E-state index in [-0.39, 0.29) is 34.9 Å². The van der Waals surface area contributed by atoms with Crippen LogP contribution in [-0.2, 0) is 9.53 Å². The summed E-state index contributed by atoms with van der Waals surface area (Å²) in [5, 5.41) is 10.7. The molecule has 0 unspecified atom stereocenters. The first-order valence-corrected chi connectivity index (χ1v) is 14.1. The molecule has 1 N–H and O–H groups in total. The minimum Gasteiger partial charge on any atom is -0.458 e. The summed E-state index contributed by atoms with van der Waals surface area (Å²) < 4.78 is 6.10. The first kappa shape index (κ1) is 25.3. The van der Waals surface area contributed by atoms with Crippen molar-refractivity contribution < 1.29 is 14.6 Å². The normalized spacial score (nSPS) is 43.7. The summed E-state index contributed by atoms with van der Waals surface area (Å²) in [6, 6.07) is 0. The number of rotatable bonds is 6. The maximum atomic E-state index is 12.2. The lowest BCUT2D eigenvalue weighted by atomic mass is 9.46. The lowest BCUT2D eigenvalue weighted by molar-refractivity contribution is -0.154. The summed E-state index contributed by atoms with van der Waals surface area (Å²) >= 11 is 0. The van der Waals surface area contributed by atoms with Crippen LogP contribution in [0.4, 0.5) is 0 Å². The van der Waals surface area contributed by atoms with Crippen LogP contribution in [0.1, 0.15) is 113 Å². The zero-order valence-corrected chi connectivity index (χ0v) is 22.5. The van der Waals surface area contributed by atoms with Crippen LogP contribution in [-0.4, -0.2) is 23.3 Å². The molecule has 0 spiro atoms. The molecule has 9 atom stereocenters. The Morgan fingerprint density at radius 1 is 1.12 bits per heavy atom. The molecule has 0 aromatic rings. The third-order valence-corrected chi connectivity index (χ3v) is 11.0. The highest BCUT2D eigenvalue weighted by molar-refractivity contribution is 5.66. The Kier molecular flexibility index (Phi) is 7.14. The Balaban J connectivity index is 1.67. The van der Waals surface area contributed by atoms with E-state index in [0.29, 0.717) is 11.8 Å². The molecule has 0 aliphatic heterocycles. The van der Waals surface area contributed by atoms with Gasteiger partial charge in [-0.25, -0.2) is 0 Å². The molecule has 0 aromatic heterocycles. The number of carbonyl (C=O) groups is 1. The van der Waals surface area contributed by atoms with E-state index in [2.05, 4.69) is 41.5 Å². The van der Waals surface area contributed by atoms with E-state index in [1.165, 1.54) is 50.5 Å². The number of hydrogen-bond donors (Lipinski definition) is 1. The number of hydrogen-bond acceptors (Lipinski definition) is 3. The number of aliphatic hydroxyl groups is 1. The first-order chi connectivity index (χ1) is 15.5. The molecule has 33 heavy (non-hydrogen) atoms. The average Bonchev–Trinajstić information content (AvgIpc) is 3.09. The summed E-state index contributed by atoms with van der Waals surface area (Å²) in [4.78, 5) is 12.2. The van der Waals surface area contributed by atoms with Gasteiger partial charge in [0.1, 0.15) is 6.10 Å². The van der Waals surface area contributed by atoms with Crippen LogP contribution in [0.5, 0.6) is 0 Å². The molecule has 0 heterocycles. The Hall–Kier alpha value is -0.830. The van der Waals surface area contributed by atoms with Crippen molar-refractivity contribution in [3.8, 4) is 0 Å². The molecule has 0 bridgehead atoms.